The molecule has 0 aliphatic heterocycles. The molecule has 3 rings (SSSR count). The molecule has 3 heteroatoms. The third-order valence-corrected chi connectivity index (χ3v) is 4.14. The summed E-state index contributed by atoms with van der Waals surface area (Å²) in [6.07, 6.45) is 6.78. The van der Waals surface area contributed by atoms with E-state index in [2.05, 4.69) is 17.5 Å². The molecule has 2 aliphatic rings. The number of ether oxygens (including phenoxy) is 1. The number of rotatable bonds is 4. The van der Waals surface area contributed by atoms with E-state index in [4.69, 9.17) is 4.74 Å². The first-order valence-corrected chi connectivity index (χ1v) is 6.94. The number of benzene rings is 1. The molecule has 0 heterocycles. The monoisotopic (exact) mass is 257 g/mol. The van der Waals surface area contributed by atoms with Crippen molar-refractivity contribution >= 4 is 6.09 Å². The summed E-state index contributed by atoms with van der Waals surface area (Å²) in [4.78, 5) is 11.6. The normalized spacial score (nSPS) is 27.5. The molecule has 19 heavy (non-hydrogen) atoms. The van der Waals surface area contributed by atoms with Crippen molar-refractivity contribution in [1.29, 1.82) is 0 Å². The third kappa shape index (κ3) is 2.98. The molecular weight excluding hydrogens is 238 g/mol. The number of alkyl carbamates (subject to hydrolysis) is 1. The van der Waals surface area contributed by atoms with Crippen LogP contribution in [0, 0.1) is 17.8 Å². The Hall–Kier alpha value is -1.77. The molecule has 3 unspecified atom stereocenters. The zero-order valence-corrected chi connectivity index (χ0v) is 10.9. The molecule has 1 saturated carbocycles. The second-order valence-electron chi connectivity index (χ2n) is 5.48. The fourth-order valence-electron chi connectivity index (χ4n) is 3.12. The van der Waals surface area contributed by atoms with E-state index in [0.717, 1.165) is 18.0 Å². The van der Waals surface area contributed by atoms with E-state index < -0.39 is 0 Å². The first kappa shape index (κ1) is 12.3. The van der Waals surface area contributed by atoms with Crippen LogP contribution in [0.3, 0.4) is 0 Å². The zero-order valence-electron chi connectivity index (χ0n) is 10.9. The van der Waals surface area contributed by atoms with Gasteiger partial charge in [0.2, 0.25) is 0 Å². The highest BCUT2D eigenvalue weighted by molar-refractivity contribution is 5.67. The van der Waals surface area contributed by atoms with Crippen molar-refractivity contribution in [2.24, 2.45) is 17.8 Å². The summed E-state index contributed by atoms with van der Waals surface area (Å²) in [5.41, 5.74) is 1.01. The maximum absolute atomic E-state index is 11.6. The maximum atomic E-state index is 11.6. The van der Waals surface area contributed by atoms with Crippen LogP contribution in [-0.4, -0.2) is 12.6 Å². The highest BCUT2D eigenvalue weighted by Gasteiger charge is 2.35. The summed E-state index contributed by atoms with van der Waals surface area (Å²) < 4.78 is 5.20. The topological polar surface area (TPSA) is 38.3 Å². The van der Waals surface area contributed by atoms with Crippen molar-refractivity contribution < 1.29 is 9.53 Å². The van der Waals surface area contributed by atoms with E-state index in [0.29, 0.717) is 18.4 Å². The van der Waals surface area contributed by atoms with Crippen molar-refractivity contribution in [3.8, 4) is 0 Å². The van der Waals surface area contributed by atoms with E-state index in [9.17, 15) is 4.79 Å². The highest BCUT2D eigenvalue weighted by atomic mass is 16.5. The second-order valence-corrected chi connectivity index (χ2v) is 5.48. The van der Waals surface area contributed by atoms with Gasteiger partial charge in [-0.1, -0.05) is 42.5 Å². The van der Waals surface area contributed by atoms with Gasteiger partial charge < -0.3 is 10.1 Å². The molecule has 1 aromatic rings. The van der Waals surface area contributed by atoms with Crippen molar-refractivity contribution in [2.75, 3.05) is 6.54 Å². The van der Waals surface area contributed by atoms with Gasteiger partial charge in [0.1, 0.15) is 6.61 Å². The Kier molecular flexibility index (Phi) is 3.53. The molecule has 0 saturated heterocycles. The van der Waals surface area contributed by atoms with Crippen LogP contribution in [0.2, 0.25) is 0 Å². The molecule has 1 fully saturated rings. The van der Waals surface area contributed by atoms with Crippen LogP contribution in [0.15, 0.2) is 42.5 Å². The average molecular weight is 257 g/mol. The second kappa shape index (κ2) is 5.47. The molecule has 0 radical (unpaired) electrons. The zero-order chi connectivity index (χ0) is 13.1. The van der Waals surface area contributed by atoms with Gasteiger partial charge in [0.15, 0.2) is 0 Å². The minimum atomic E-state index is -0.310. The molecule has 0 spiro atoms. The molecule has 1 aromatic carbocycles. The van der Waals surface area contributed by atoms with Gasteiger partial charge in [-0.2, -0.15) is 0 Å². The van der Waals surface area contributed by atoms with Gasteiger partial charge in [0.25, 0.3) is 0 Å². The SMILES string of the molecule is O=C(NCC1CC2C=CC1C2)OCc1ccccc1. The Labute approximate surface area is 113 Å². The van der Waals surface area contributed by atoms with E-state index in [1.807, 2.05) is 30.3 Å². The predicted molar refractivity (Wildman–Crippen MR) is 73.5 cm³/mol. The molecule has 0 aromatic heterocycles. The predicted octanol–water partition coefficient (Wildman–Crippen LogP) is 3.13. The smallest absolute Gasteiger partial charge is 0.407 e. The summed E-state index contributed by atoms with van der Waals surface area (Å²) in [5.74, 6) is 2.01. The lowest BCUT2D eigenvalue weighted by Gasteiger charge is -2.18. The lowest BCUT2D eigenvalue weighted by Crippen LogP contribution is -2.31. The lowest BCUT2D eigenvalue weighted by molar-refractivity contribution is 0.137. The van der Waals surface area contributed by atoms with E-state index >= 15 is 0 Å². The number of hydrogen-bond donors (Lipinski definition) is 1. The third-order valence-electron chi connectivity index (χ3n) is 4.14. The largest absolute Gasteiger partial charge is 0.445 e. The van der Waals surface area contributed by atoms with Crippen LogP contribution in [0.4, 0.5) is 4.79 Å². The van der Waals surface area contributed by atoms with Gasteiger partial charge in [0, 0.05) is 6.54 Å². The Morgan fingerprint density at radius 1 is 1.21 bits per heavy atom. The summed E-state index contributed by atoms with van der Waals surface area (Å²) in [6, 6.07) is 9.74. The summed E-state index contributed by atoms with van der Waals surface area (Å²) >= 11 is 0. The molecule has 3 atom stereocenters. The molecule has 100 valence electrons. The van der Waals surface area contributed by atoms with Crippen molar-refractivity contribution in [3.63, 3.8) is 0 Å². The van der Waals surface area contributed by atoms with Crippen LogP contribution in [0.5, 0.6) is 0 Å². The molecule has 1 amide bonds. The van der Waals surface area contributed by atoms with Crippen LogP contribution >= 0.6 is 0 Å². The van der Waals surface area contributed by atoms with E-state index in [1.165, 1.54) is 12.8 Å². The number of fused-ring (bicyclic) bond motifs is 2. The number of amides is 1. The Balaban J connectivity index is 1.39. The van der Waals surface area contributed by atoms with Crippen molar-refractivity contribution in [3.05, 3.63) is 48.0 Å². The number of allylic oxidation sites excluding steroid dienone is 2. The Morgan fingerprint density at radius 2 is 2.05 bits per heavy atom. The number of nitrogens with one attached hydrogen (secondary N) is 1. The molecule has 2 bridgehead atoms. The summed E-state index contributed by atoms with van der Waals surface area (Å²) in [6.45, 7) is 1.07. The highest BCUT2D eigenvalue weighted by Crippen LogP contribution is 2.42. The van der Waals surface area contributed by atoms with Crippen molar-refractivity contribution in [1.82, 2.24) is 5.32 Å². The molecular formula is C16H19NO2. The number of carbonyl (C=O) groups excluding carboxylic acids is 1. The van der Waals surface area contributed by atoms with E-state index in [1.54, 1.807) is 0 Å². The van der Waals surface area contributed by atoms with Crippen LogP contribution < -0.4 is 5.32 Å². The van der Waals surface area contributed by atoms with Gasteiger partial charge in [-0.15, -0.1) is 0 Å². The summed E-state index contributed by atoms with van der Waals surface area (Å²) in [7, 11) is 0. The molecule has 1 N–H and O–H groups in total. The van der Waals surface area contributed by atoms with Crippen LogP contribution in [0.1, 0.15) is 18.4 Å². The van der Waals surface area contributed by atoms with Gasteiger partial charge in [0.05, 0.1) is 0 Å². The molecule has 2 aliphatic carbocycles. The fraction of sp³-hybridized carbons (Fsp3) is 0.438. The van der Waals surface area contributed by atoms with Gasteiger partial charge in [-0.05, 0) is 36.2 Å². The molecule has 3 nitrogen and oxygen atoms in total. The number of hydrogen-bond acceptors (Lipinski definition) is 2. The Morgan fingerprint density at radius 3 is 2.74 bits per heavy atom. The van der Waals surface area contributed by atoms with E-state index in [-0.39, 0.29) is 6.09 Å². The first-order chi connectivity index (χ1) is 9.31. The first-order valence-electron chi connectivity index (χ1n) is 6.94. The standard InChI is InChI=1S/C16H19NO2/c18-16(19-11-12-4-2-1-3-5-12)17-10-15-9-13-6-7-14(15)8-13/h1-7,13-15H,8-11H2,(H,17,18). The quantitative estimate of drug-likeness (QED) is 0.842. The lowest BCUT2D eigenvalue weighted by atomic mass is 9.94. The minimum Gasteiger partial charge on any atom is -0.445 e. The summed E-state index contributed by atoms with van der Waals surface area (Å²) in [5, 5.41) is 2.88. The maximum Gasteiger partial charge on any atom is 0.407 e. The van der Waals surface area contributed by atoms with Gasteiger partial charge >= 0.3 is 6.09 Å². The fourth-order valence-corrected chi connectivity index (χ4v) is 3.12. The van der Waals surface area contributed by atoms with Gasteiger partial charge in [-0.3, -0.25) is 0 Å². The Bertz CT molecular complexity index is 469. The minimum absolute atomic E-state index is 0.310. The van der Waals surface area contributed by atoms with Crippen LogP contribution in [0.25, 0.3) is 0 Å². The van der Waals surface area contributed by atoms with Crippen molar-refractivity contribution in [2.45, 2.75) is 19.4 Å². The number of carbonyl (C=O) groups is 1. The average Bonchev–Trinajstić information content (AvgIpc) is 3.06. The van der Waals surface area contributed by atoms with Gasteiger partial charge in [-0.25, -0.2) is 4.79 Å². The van der Waals surface area contributed by atoms with Crippen LogP contribution in [-0.2, 0) is 11.3 Å².